The topological polar surface area (TPSA) is 89.3 Å². The van der Waals surface area contributed by atoms with E-state index in [1.54, 1.807) is 0 Å². The Morgan fingerprint density at radius 1 is 1.59 bits per heavy atom. The average Bonchev–Trinajstić information content (AvgIpc) is 2.56. The van der Waals surface area contributed by atoms with E-state index in [4.69, 9.17) is 5.11 Å². The number of sulfone groups is 1. The van der Waals surface area contributed by atoms with Crippen LogP contribution in [0.1, 0.15) is 22.5 Å². The van der Waals surface area contributed by atoms with Crippen LogP contribution < -0.4 is 0 Å². The molecule has 96 valence electrons. The minimum Gasteiger partial charge on any atom is -0.478 e. The van der Waals surface area contributed by atoms with Gasteiger partial charge in [0.1, 0.15) is 21.1 Å². The van der Waals surface area contributed by atoms with Gasteiger partial charge in [0, 0.05) is 6.26 Å². The number of aromatic nitrogens is 2. The molecule has 0 aliphatic rings. The highest BCUT2D eigenvalue weighted by molar-refractivity contribution is 7.90. The van der Waals surface area contributed by atoms with Gasteiger partial charge in [0.2, 0.25) is 0 Å². The number of carbonyl (C=O) groups is 1. The van der Waals surface area contributed by atoms with Crippen molar-refractivity contribution in [1.29, 1.82) is 0 Å². The predicted molar refractivity (Wildman–Crippen MR) is 53.9 cm³/mol. The molecule has 0 aromatic carbocycles. The minimum absolute atomic E-state index is 0.300. The molecule has 0 fully saturated rings. The lowest BCUT2D eigenvalue weighted by Crippen LogP contribution is -2.15. The summed E-state index contributed by atoms with van der Waals surface area (Å²) in [5, 5.41) is 12.1. The number of hydrogen-bond donors (Lipinski definition) is 1. The summed E-state index contributed by atoms with van der Waals surface area (Å²) in [6.07, 6.45) is -1.29. The molecule has 17 heavy (non-hydrogen) atoms. The van der Waals surface area contributed by atoms with Crippen molar-refractivity contribution in [2.45, 2.75) is 13.0 Å². The van der Waals surface area contributed by atoms with Crippen molar-refractivity contribution in [3.8, 4) is 0 Å². The lowest BCUT2D eigenvalue weighted by atomic mass is 10.2. The largest absolute Gasteiger partial charge is 0.478 e. The lowest BCUT2D eigenvalue weighted by Gasteiger charge is -2.06. The molecule has 6 nitrogen and oxygen atoms in total. The summed E-state index contributed by atoms with van der Waals surface area (Å²) in [6.45, 7) is -0.300. The van der Waals surface area contributed by atoms with Crippen LogP contribution >= 0.6 is 0 Å². The molecule has 0 amide bonds. The van der Waals surface area contributed by atoms with E-state index >= 15 is 0 Å². The fourth-order valence-electron chi connectivity index (χ4n) is 1.22. The highest BCUT2D eigenvalue weighted by atomic mass is 32.2. The maximum Gasteiger partial charge on any atom is 0.339 e. The van der Waals surface area contributed by atoms with Gasteiger partial charge in [0.15, 0.2) is 0 Å². The molecule has 1 aromatic heterocycles. The van der Waals surface area contributed by atoms with E-state index in [0.717, 1.165) is 12.5 Å². The van der Waals surface area contributed by atoms with Crippen molar-refractivity contribution in [2.75, 3.05) is 12.0 Å². The van der Waals surface area contributed by atoms with E-state index in [-0.39, 0.29) is 12.3 Å². The summed E-state index contributed by atoms with van der Waals surface area (Å²) >= 11 is 0. The van der Waals surface area contributed by atoms with E-state index in [9.17, 15) is 22.0 Å². The first-order valence-electron chi connectivity index (χ1n) is 4.47. The molecule has 1 heterocycles. The minimum atomic E-state index is -3.33. The zero-order valence-electron chi connectivity index (χ0n) is 8.80. The van der Waals surface area contributed by atoms with Crippen LogP contribution in [0.2, 0.25) is 0 Å². The van der Waals surface area contributed by atoms with Crippen LogP contribution in [0.5, 0.6) is 0 Å². The van der Waals surface area contributed by atoms with Gasteiger partial charge in [-0.2, -0.15) is 5.10 Å². The molecule has 1 rings (SSSR count). The van der Waals surface area contributed by atoms with Gasteiger partial charge in [-0.15, -0.1) is 0 Å². The summed E-state index contributed by atoms with van der Waals surface area (Å²) in [4.78, 5) is 10.6. The van der Waals surface area contributed by atoms with E-state index in [0.29, 0.717) is 4.68 Å². The molecule has 0 radical (unpaired) electrons. The summed E-state index contributed by atoms with van der Waals surface area (Å²) in [7, 11) is -3.33. The zero-order chi connectivity index (χ0) is 13.2. The number of rotatable bonds is 5. The molecule has 0 saturated carbocycles. The Morgan fingerprint density at radius 2 is 2.18 bits per heavy atom. The normalized spacial score (nSPS) is 12.0. The highest BCUT2D eigenvalue weighted by Crippen LogP contribution is 2.22. The Labute approximate surface area is 95.8 Å². The summed E-state index contributed by atoms with van der Waals surface area (Å²) in [5.74, 6) is -1.90. The van der Waals surface area contributed by atoms with Gasteiger partial charge < -0.3 is 5.11 Å². The Bertz CT molecular complexity index is 524. The van der Waals surface area contributed by atoms with Crippen LogP contribution in [0.15, 0.2) is 6.20 Å². The first-order chi connectivity index (χ1) is 7.72. The molecule has 0 saturated heterocycles. The molecule has 0 unspecified atom stereocenters. The van der Waals surface area contributed by atoms with Gasteiger partial charge in [0.05, 0.1) is 18.5 Å². The third-order valence-corrected chi connectivity index (χ3v) is 2.92. The Hall–Kier alpha value is -1.51. The van der Waals surface area contributed by atoms with Crippen LogP contribution in [0.25, 0.3) is 0 Å². The molecule has 9 heteroatoms. The number of halogens is 2. The second-order valence-corrected chi connectivity index (χ2v) is 5.66. The molecule has 0 bridgehead atoms. The molecule has 0 aliphatic heterocycles. The fourth-order valence-corrected chi connectivity index (χ4v) is 1.72. The van der Waals surface area contributed by atoms with E-state index in [1.165, 1.54) is 0 Å². The van der Waals surface area contributed by atoms with Gasteiger partial charge in [-0.1, -0.05) is 0 Å². The van der Waals surface area contributed by atoms with Crippen LogP contribution in [0.4, 0.5) is 8.78 Å². The number of aryl methyl sites for hydroxylation is 1. The van der Waals surface area contributed by atoms with Crippen molar-refractivity contribution >= 4 is 15.8 Å². The summed E-state index contributed by atoms with van der Waals surface area (Å²) in [5.41, 5.74) is -1.39. The van der Waals surface area contributed by atoms with E-state index in [1.807, 2.05) is 0 Å². The van der Waals surface area contributed by atoms with E-state index < -0.39 is 33.5 Å². The second-order valence-electron chi connectivity index (χ2n) is 3.40. The van der Waals surface area contributed by atoms with Gasteiger partial charge in [0.25, 0.3) is 6.43 Å². The smallest absolute Gasteiger partial charge is 0.339 e. The van der Waals surface area contributed by atoms with Gasteiger partial charge >= 0.3 is 5.97 Å². The molecule has 0 aliphatic carbocycles. The van der Waals surface area contributed by atoms with Gasteiger partial charge in [-0.3, -0.25) is 4.68 Å². The number of hydrogen-bond acceptors (Lipinski definition) is 4. The maximum atomic E-state index is 12.6. The Balaban J connectivity index is 3.05. The van der Waals surface area contributed by atoms with Crippen LogP contribution in [0.3, 0.4) is 0 Å². The molecular formula is C8H10F2N2O4S. The fraction of sp³-hybridized carbons (Fsp3) is 0.500. The standard InChI is InChI=1S/C8H10F2N2O4S/c1-17(15,16)3-2-12-6(7(9)10)5(4-11-12)8(13)14/h4,7H,2-3H2,1H3,(H,13,14). The van der Waals surface area contributed by atoms with Crippen molar-refractivity contribution < 1.29 is 27.1 Å². The molecular weight excluding hydrogens is 258 g/mol. The first-order valence-corrected chi connectivity index (χ1v) is 6.53. The quantitative estimate of drug-likeness (QED) is 0.843. The average molecular weight is 268 g/mol. The van der Waals surface area contributed by atoms with Crippen molar-refractivity contribution in [2.24, 2.45) is 0 Å². The van der Waals surface area contributed by atoms with E-state index in [2.05, 4.69) is 5.10 Å². The number of alkyl halides is 2. The molecule has 0 spiro atoms. The first kappa shape index (κ1) is 13.6. The number of carboxylic acids is 1. The molecule has 1 N–H and O–H groups in total. The molecule has 1 aromatic rings. The highest BCUT2D eigenvalue weighted by Gasteiger charge is 2.24. The third kappa shape index (κ3) is 3.48. The van der Waals surface area contributed by atoms with Gasteiger partial charge in [-0.25, -0.2) is 22.0 Å². The van der Waals surface area contributed by atoms with Crippen LogP contribution in [-0.2, 0) is 16.4 Å². The predicted octanol–water partition coefficient (Wildman–Crippen LogP) is 0.563. The van der Waals surface area contributed by atoms with Crippen molar-refractivity contribution in [3.05, 3.63) is 17.5 Å². The number of carboxylic acid groups (broad SMARTS) is 1. The number of aromatic carboxylic acids is 1. The van der Waals surface area contributed by atoms with Crippen molar-refractivity contribution in [3.63, 3.8) is 0 Å². The van der Waals surface area contributed by atoms with Gasteiger partial charge in [-0.05, 0) is 0 Å². The van der Waals surface area contributed by atoms with Crippen LogP contribution in [0, 0.1) is 0 Å². The summed E-state index contributed by atoms with van der Waals surface area (Å²) in [6, 6.07) is 0. The third-order valence-electron chi connectivity index (χ3n) is 1.99. The number of nitrogens with zero attached hydrogens (tertiary/aromatic N) is 2. The van der Waals surface area contributed by atoms with Crippen LogP contribution in [-0.4, -0.2) is 41.3 Å². The monoisotopic (exact) mass is 268 g/mol. The SMILES string of the molecule is CS(=O)(=O)CCn1ncc(C(=O)O)c1C(F)F. The van der Waals surface area contributed by atoms with Crippen molar-refractivity contribution in [1.82, 2.24) is 9.78 Å². The molecule has 0 atom stereocenters. The summed E-state index contributed by atoms with van der Waals surface area (Å²) < 4.78 is 47.7. The maximum absolute atomic E-state index is 12.6. The lowest BCUT2D eigenvalue weighted by molar-refractivity contribution is 0.0682. The Kier molecular flexibility index (Phi) is 3.81. The Morgan fingerprint density at radius 3 is 2.59 bits per heavy atom. The second kappa shape index (κ2) is 4.78. The zero-order valence-corrected chi connectivity index (χ0v) is 9.62.